The molecule has 108 valence electrons. The van der Waals surface area contributed by atoms with E-state index in [1.807, 2.05) is 0 Å². The van der Waals surface area contributed by atoms with Gasteiger partial charge in [-0.05, 0) is 31.4 Å². The van der Waals surface area contributed by atoms with Crippen LogP contribution in [-0.2, 0) is 4.79 Å². The smallest absolute Gasteiger partial charge is 0.308 e. The zero-order valence-electron chi connectivity index (χ0n) is 11.4. The normalized spacial score (nSPS) is 22.2. The van der Waals surface area contributed by atoms with Crippen molar-refractivity contribution in [3.63, 3.8) is 0 Å². The van der Waals surface area contributed by atoms with Crippen LogP contribution in [0.4, 0.5) is 5.82 Å². The molecule has 0 aliphatic heterocycles. The lowest BCUT2D eigenvalue weighted by Gasteiger charge is -2.30. The van der Waals surface area contributed by atoms with Crippen molar-refractivity contribution < 1.29 is 14.7 Å². The molecule has 1 heterocycles. The number of carbonyl (C=O) groups excluding carboxylic acids is 1. The molecule has 1 amide bonds. The summed E-state index contributed by atoms with van der Waals surface area (Å²) in [4.78, 5) is 27.0. The molecule has 0 saturated heterocycles. The number of nitrogens with two attached hydrogens (primary N) is 1. The first kappa shape index (κ1) is 14.3. The summed E-state index contributed by atoms with van der Waals surface area (Å²) in [5.74, 6) is -1.43. The van der Waals surface area contributed by atoms with Gasteiger partial charge in [0.2, 0.25) is 0 Å². The van der Waals surface area contributed by atoms with Gasteiger partial charge < -0.3 is 16.2 Å². The maximum absolute atomic E-state index is 11.5. The van der Waals surface area contributed by atoms with Crippen molar-refractivity contribution in [2.45, 2.75) is 38.6 Å². The van der Waals surface area contributed by atoms with E-state index in [1.165, 1.54) is 0 Å². The molecule has 6 nitrogen and oxygen atoms in total. The van der Waals surface area contributed by atoms with Gasteiger partial charge >= 0.3 is 5.97 Å². The summed E-state index contributed by atoms with van der Waals surface area (Å²) in [5, 5.41) is 12.4. The molecule has 1 aliphatic rings. The first-order valence-electron chi connectivity index (χ1n) is 6.75. The van der Waals surface area contributed by atoms with Crippen molar-refractivity contribution in [3.05, 3.63) is 23.4 Å². The average molecular weight is 277 g/mol. The molecule has 1 saturated carbocycles. The average Bonchev–Trinajstić information content (AvgIpc) is 2.38. The van der Waals surface area contributed by atoms with Crippen LogP contribution in [0.15, 0.2) is 12.3 Å². The molecule has 0 aromatic carbocycles. The van der Waals surface area contributed by atoms with Crippen LogP contribution in [0.1, 0.15) is 41.6 Å². The van der Waals surface area contributed by atoms with Crippen LogP contribution in [-0.4, -0.2) is 28.0 Å². The second-order valence-electron chi connectivity index (χ2n) is 5.20. The van der Waals surface area contributed by atoms with E-state index in [4.69, 9.17) is 5.73 Å². The Morgan fingerprint density at radius 2 is 2.10 bits per heavy atom. The van der Waals surface area contributed by atoms with Crippen LogP contribution in [0.25, 0.3) is 0 Å². The van der Waals surface area contributed by atoms with E-state index in [0.717, 1.165) is 24.8 Å². The zero-order chi connectivity index (χ0) is 14.7. The summed E-state index contributed by atoms with van der Waals surface area (Å²) in [6.45, 7) is 1.78. The van der Waals surface area contributed by atoms with Gasteiger partial charge in [0.15, 0.2) is 0 Å². The number of nitrogens with one attached hydrogen (secondary N) is 1. The van der Waals surface area contributed by atoms with E-state index in [0.29, 0.717) is 17.8 Å². The summed E-state index contributed by atoms with van der Waals surface area (Å²) in [7, 11) is 0. The highest BCUT2D eigenvalue weighted by Gasteiger charge is 2.31. The fourth-order valence-corrected chi connectivity index (χ4v) is 2.75. The number of amides is 1. The molecule has 20 heavy (non-hydrogen) atoms. The number of carboxylic acids is 1. The Morgan fingerprint density at radius 1 is 1.40 bits per heavy atom. The molecule has 1 aromatic heterocycles. The standard InChI is InChI=1S/C14H19N3O3/c1-8-6-7-16-13(11(8)12(15)18)17-10-5-3-2-4-9(10)14(19)20/h6-7,9-10H,2-5H2,1H3,(H2,15,18)(H,16,17)(H,19,20). The fourth-order valence-electron chi connectivity index (χ4n) is 2.75. The fraction of sp³-hybridized carbons (Fsp3) is 0.500. The molecule has 2 atom stereocenters. The van der Waals surface area contributed by atoms with Crippen molar-refractivity contribution in [1.29, 1.82) is 0 Å². The Kier molecular flexibility index (Phi) is 4.22. The van der Waals surface area contributed by atoms with Crippen molar-refractivity contribution in [2.75, 3.05) is 5.32 Å². The number of anilines is 1. The number of pyridine rings is 1. The Hall–Kier alpha value is -2.11. The summed E-state index contributed by atoms with van der Waals surface area (Å²) in [5.41, 5.74) is 6.45. The number of aliphatic carboxylic acids is 1. The number of hydrogen-bond acceptors (Lipinski definition) is 4. The Balaban J connectivity index is 2.27. The summed E-state index contributed by atoms with van der Waals surface area (Å²) >= 11 is 0. The molecular formula is C14H19N3O3. The quantitative estimate of drug-likeness (QED) is 0.774. The molecular weight excluding hydrogens is 258 g/mol. The number of carboxylic acid groups (broad SMARTS) is 1. The maximum Gasteiger partial charge on any atom is 0.308 e. The third-order valence-corrected chi connectivity index (χ3v) is 3.81. The molecule has 0 bridgehead atoms. The molecule has 1 fully saturated rings. The van der Waals surface area contributed by atoms with Crippen LogP contribution in [0.3, 0.4) is 0 Å². The predicted octanol–water partition coefficient (Wildman–Crippen LogP) is 1.54. The Morgan fingerprint density at radius 3 is 2.75 bits per heavy atom. The first-order chi connectivity index (χ1) is 9.50. The highest BCUT2D eigenvalue weighted by Crippen LogP contribution is 2.28. The Bertz CT molecular complexity index is 530. The lowest BCUT2D eigenvalue weighted by Crippen LogP contribution is -2.38. The molecule has 0 radical (unpaired) electrons. The third-order valence-electron chi connectivity index (χ3n) is 3.81. The van der Waals surface area contributed by atoms with Gasteiger partial charge in [0, 0.05) is 12.2 Å². The molecule has 1 aromatic rings. The second-order valence-corrected chi connectivity index (χ2v) is 5.20. The lowest BCUT2D eigenvalue weighted by molar-refractivity contribution is -0.143. The first-order valence-corrected chi connectivity index (χ1v) is 6.75. The zero-order valence-corrected chi connectivity index (χ0v) is 11.4. The van der Waals surface area contributed by atoms with Gasteiger partial charge in [0.25, 0.3) is 5.91 Å². The van der Waals surface area contributed by atoms with Gasteiger partial charge in [-0.3, -0.25) is 9.59 Å². The van der Waals surface area contributed by atoms with Crippen molar-refractivity contribution >= 4 is 17.7 Å². The number of nitrogens with zero attached hydrogens (tertiary/aromatic N) is 1. The van der Waals surface area contributed by atoms with Crippen LogP contribution in [0, 0.1) is 12.8 Å². The molecule has 0 spiro atoms. The largest absolute Gasteiger partial charge is 0.481 e. The van der Waals surface area contributed by atoms with E-state index in [1.54, 1.807) is 19.2 Å². The number of aryl methyl sites for hydroxylation is 1. The highest BCUT2D eigenvalue weighted by atomic mass is 16.4. The minimum absolute atomic E-state index is 0.214. The summed E-state index contributed by atoms with van der Waals surface area (Å²) in [6, 6.07) is 1.49. The van der Waals surface area contributed by atoms with E-state index < -0.39 is 17.8 Å². The van der Waals surface area contributed by atoms with Crippen LogP contribution in [0.2, 0.25) is 0 Å². The maximum atomic E-state index is 11.5. The number of aromatic nitrogens is 1. The number of carbonyl (C=O) groups is 2. The third kappa shape index (κ3) is 2.89. The molecule has 6 heteroatoms. The molecule has 4 N–H and O–H groups in total. The minimum Gasteiger partial charge on any atom is -0.481 e. The molecule has 2 rings (SSSR count). The van der Waals surface area contributed by atoms with Crippen LogP contribution in [0.5, 0.6) is 0 Å². The monoisotopic (exact) mass is 277 g/mol. The van der Waals surface area contributed by atoms with Crippen molar-refractivity contribution in [2.24, 2.45) is 11.7 Å². The van der Waals surface area contributed by atoms with E-state index >= 15 is 0 Å². The molecule has 2 unspecified atom stereocenters. The summed E-state index contributed by atoms with van der Waals surface area (Å²) in [6.07, 6.45) is 4.87. The van der Waals surface area contributed by atoms with E-state index in [-0.39, 0.29) is 6.04 Å². The van der Waals surface area contributed by atoms with Gasteiger partial charge in [-0.15, -0.1) is 0 Å². The number of rotatable bonds is 4. The van der Waals surface area contributed by atoms with E-state index in [9.17, 15) is 14.7 Å². The lowest BCUT2D eigenvalue weighted by atomic mass is 9.84. The molecule has 1 aliphatic carbocycles. The van der Waals surface area contributed by atoms with Crippen LogP contribution < -0.4 is 11.1 Å². The topological polar surface area (TPSA) is 105 Å². The van der Waals surface area contributed by atoms with Gasteiger partial charge in [0.1, 0.15) is 5.82 Å². The van der Waals surface area contributed by atoms with Gasteiger partial charge in [-0.25, -0.2) is 4.98 Å². The minimum atomic E-state index is -0.810. The van der Waals surface area contributed by atoms with Gasteiger partial charge in [0.05, 0.1) is 11.5 Å². The second kappa shape index (κ2) is 5.90. The van der Waals surface area contributed by atoms with Gasteiger partial charge in [-0.2, -0.15) is 0 Å². The predicted molar refractivity (Wildman–Crippen MR) is 74.5 cm³/mol. The Labute approximate surface area is 117 Å². The summed E-state index contributed by atoms with van der Waals surface area (Å²) < 4.78 is 0. The van der Waals surface area contributed by atoms with Crippen molar-refractivity contribution in [3.8, 4) is 0 Å². The van der Waals surface area contributed by atoms with Gasteiger partial charge in [-0.1, -0.05) is 12.8 Å². The SMILES string of the molecule is Cc1ccnc(NC2CCCCC2C(=O)O)c1C(N)=O. The number of primary amides is 1. The van der Waals surface area contributed by atoms with Crippen molar-refractivity contribution in [1.82, 2.24) is 4.98 Å². The number of hydrogen-bond donors (Lipinski definition) is 3. The van der Waals surface area contributed by atoms with E-state index in [2.05, 4.69) is 10.3 Å². The van der Waals surface area contributed by atoms with Crippen LogP contribution >= 0.6 is 0 Å². The highest BCUT2D eigenvalue weighted by molar-refractivity contribution is 5.99.